The van der Waals surface area contributed by atoms with Crippen LogP contribution in [0.1, 0.15) is 26.2 Å². The monoisotopic (exact) mass is 146 g/mol. The van der Waals surface area contributed by atoms with Crippen molar-refractivity contribution in [2.45, 2.75) is 32.4 Å². The van der Waals surface area contributed by atoms with Gasteiger partial charge in [-0.3, -0.25) is 0 Å². The molecule has 0 fully saturated rings. The van der Waals surface area contributed by atoms with Crippen LogP contribution < -0.4 is 11.5 Å². The van der Waals surface area contributed by atoms with Gasteiger partial charge in [0.2, 0.25) is 0 Å². The standard InChI is InChI=1S/C7H18N2O/c1-2-3-4-5-10-7(9)6-8/h7H,2-6,8-9H2,1H3. The number of nitrogens with two attached hydrogens (primary N) is 2. The van der Waals surface area contributed by atoms with Crippen LogP contribution in [0.15, 0.2) is 0 Å². The van der Waals surface area contributed by atoms with Gasteiger partial charge in [-0.1, -0.05) is 19.8 Å². The summed E-state index contributed by atoms with van der Waals surface area (Å²) >= 11 is 0. The van der Waals surface area contributed by atoms with Gasteiger partial charge in [-0.25, -0.2) is 0 Å². The molecule has 0 bridgehead atoms. The van der Waals surface area contributed by atoms with Crippen LogP contribution in [-0.4, -0.2) is 19.4 Å². The summed E-state index contributed by atoms with van der Waals surface area (Å²) in [4.78, 5) is 0. The molecule has 4 N–H and O–H groups in total. The Kier molecular flexibility index (Phi) is 6.91. The van der Waals surface area contributed by atoms with Gasteiger partial charge in [-0.05, 0) is 6.42 Å². The fourth-order valence-electron chi connectivity index (χ4n) is 0.655. The molecule has 0 aromatic carbocycles. The Labute approximate surface area is 62.7 Å². The van der Waals surface area contributed by atoms with E-state index in [9.17, 15) is 0 Å². The molecule has 0 rings (SSSR count). The maximum atomic E-state index is 5.41. The van der Waals surface area contributed by atoms with Crippen molar-refractivity contribution >= 4 is 0 Å². The zero-order chi connectivity index (χ0) is 7.82. The lowest BCUT2D eigenvalue weighted by Gasteiger charge is -2.09. The lowest BCUT2D eigenvalue weighted by atomic mass is 10.3. The number of ether oxygens (including phenoxy) is 1. The molecular formula is C7H18N2O. The molecule has 0 aromatic heterocycles. The highest BCUT2D eigenvalue weighted by molar-refractivity contribution is 4.46. The average molecular weight is 146 g/mol. The first-order chi connectivity index (χ1) is 4.81. The number of rotatable bonds is 6. The molecule has 1 atom stereocenters. The summed E-state index contributed by atoms with van der Waals surface area (Å²) in [5, 5.41) is 0. The quantitative estimate of drug-likeness (QED) is 0.422. The molecule has 3 nitrogen and oxygen atoms in total. The Bertz CT molecular complexity index is 68.6. The molecule has 0 amide bonds. The molecule has 0 aliphatic carbocycles. The van der Waals surface area contributed by atoms with Crippen LogP contribution in [0.2, 0.25) is 0 Å². The minimum atomic E-state index is -0.267. The first kappa shape index (κ1) is 9.88. The first-order valence-corrected chi connectivity index (χ1v) is 3.88. The van der Waals surface area contributed by atoms with E-state index in [1.807, 2.05) is 0 Å². The van der Waals surface area contributed by atoms with E-state index >= 15 is 0 Å². The van der Waals surface area contributed by atoms with Gasteiger partial charge in [-0.15, -0.1) is 0 Å². The van der Waals surface area contributed by atoms with Gasteiger partial charge in [0.05, 0.1) is 0 Å². The van der Waals surface area contributed by atoms with Gasteiger partial charge in [0.1, 0.15) is 6.23 Å². The summed E-state index contributed by atoms with van der Waals surface area (Å²) in [7, 11) is 0. The highest BCUT2D eigenvalue weighted by Gasteiger charge is 1.96. The molecule has 0 saturated heterocycles. The average Bonchev–Trinajstić information content (AvgIpc) is 1.98. The maximum Gasteiger partial charge on any atom is 0.118 e. The predicted molar refractivity (Wildman–Crippen MR) is 42.5 cm³/mol. The maximum absolute atomic E-state index is 5.41. The van der Waals surface area contributed by atoms with Crippen LogP contribution in [0.4, 0.5) is 0 Å². The summed E-state index contributed by atoms with van der Waals surface area (Å²) in [5.41, 5.74) is 10.6. The molecule has 0 radical (unpaired) electrons. The van der Waals surface area contributed by atoms with Gasteiger partial charge in [0.25, 0.3) is 0 Å². The minimum Gasteiger partial charge on any atom is -0.362 e. The van der Waals surface area contributed by atoms with Crippen molar-refractivity contribution in [2.24, 2.45) is 11.5 Å². The third-order valence-electron chi connectivity index (χ3n) is 1.31. The SMILES string of the molecule is CCCCCOC(N)CN. The first-order valence-electron chi connectivity index (χ1n) is 3.88. The van der Waals surface area contributed by atoms with Gasteiger partial charge in [0.15, 0.2) is 0 Å². The van der Waals surface area contributed by atoms with E-state index in [0.29, 0.717) is 6.54 Å². The predicted octanol–water partition coefficient (Wildman–Crippen LogP) is 0.437. The Morgan fingerprint density at radius 3 is 2.60 bits per heavy atom. The molecule has 0 aromatic rings. The van der Waals surface area contributed by atoms with Crippen LogP contribution in [0.3, 0.4) is 0 Å². The summed E-state index contributed by atoms with van der Waals surface area (Å²) < 4.78 is 5.15. The van der Waals surface area contributed by atoms with Crippen molar-refractivity contribution in [3.63, 3.8) is 0 Å². The highest BCUT2D eigenvalue weighted by atomic mass is 16.5. The van der Waals surface area contributed by atoms with E-state index < -0.39 is 0 Å². The molecule has 1 unspecified atom stereocenters. The number of unbranched alkanes of at least 4 members (excludes halogenated alkanes) is 2. The van der Waals surface area contributed by atoms with Crippen LogP contribution in [0.25, 0.3) is 0 Å². The van der Waals surface area contributed by atoms with E-state index in [4.69, 9.17) is 16.2 Å². The van der Waals surface area contributed by atoms with Crippen molar-refractivity contribution in [2.75, 3.05) is 13.2 Å². The third-order valence-corrected chi connectivity index (χ3v) is 1.31. The van der Waals surface area contributed by atoms with Crippen molar-refractivity contribution in [1.29, 1.82) is 0 Å². The second-order valence-electron chi connectivity index (χ2n) is 2.35. The van der Waals surface area contributed by atoms with Crippen molar-refractivity contribution in [3.05, 3.63) is 0 Å². The van der Waals surface area contributed by atoms with Crippen molar-refractivity contribution in [3.8, 4) is 0 Å². The molecule has 0 heterocycles. The smallest absolute Gasteiger partial charge is 0.118 e. The molecule has 0 spiro atoms. The lowest BCUT2D eigenvalue weighted by Crippen LogP contribution is -2.32. The van der Waals surface area contributed by atoms with Crippen molar-refractivity contribution < 1.29 is 4.74 Å². The fraction of sp³-hybridized carbons (Fsp3) is 1.00. The summed E-state index contributed by atoms with van der Waals surface area (Å²) in [6.07, 6.45) is 3.24. The third kappa shape index (κ3) is 6.01. The highest BCUT2D eigenvalue weighted by Crippen LogP contribution is 1.94. The zero-order valence-corrected chi connectivity index (χ0v) is 6.68. The normalized spacial score (nSPS) is 13.5. The molecular weight excluding hydrogens is 128 g/mol. The molecule has 0 saturated carbocycles. The van der Waals surface area contributed by atoms with E-state index in [-0.39, 0.29) is 6.23 Å². The zero-order valence-electron chi connectivity index (χ0n) is 6.68. The molecule has 3 heteroatoms. The Morgan fingerprint density at radius 1 is 1.40 bits per heavy atom. The van der Waals surface area contributed by atoms with Crippen molar-refractivity contribution in [1.82, 2.24) is 0 Å². The summed E-state index contributed by atoms with van der Waals surface area (Å²) in [6.45, 7) is 3.31. The topological polar surface area (TPSA) is 61.3 Å². The largest absolute Gasteiger partial charge is 0.362 e. The van der Waals surface area contributed by atoms with Gasteiger partial charge >= 0.3 is 0 Å². The molecule has 62 valence electrons. The van der Waals surface area contributed by atoms with Crippen LogP contribution in [0.5, 0.6) is 0 Å². The molecule has 10 heavy (non-hydrogen) atoms. The number of hydrogen-bond donors (Lipinski definition) is 2. The fourth-order valence-corrected chi connectivity index (χ4v) is 0.655. The Hall–Kier alpha value is -0.120. The van der Waals surface area contributed by atoms with Gasteiger partial charge in [0, 0.05) is 13.2 Å². The lowest BCUT2D eigenvalue weighted by molar-refractivity contribution is 0.0610. The Morgan fingerprint density at radius 2 is 2.10 bits per heavy atom. The van der Waals surface area contributed by atoms with Gasteiger partial charge in [-0.2, -0.15) is 0 Å². The Balaban J connectivity index is 2.89. The minimum absolute atomic E-state index is 0.267. The second kappa shape index (κ2) is 6.99. The molecule has 0 aliphatic heterocycles. The van der Waals surface area contributed by atoms with Crippen LogP contribution >= 0.6 is 0 Å². The van der Waals surface area contributed by atoms with E-state index in [2.05, 4.69) is 6.92 Å². The summed E-state index contributed by atoms with van der Waals surface area (Å²) in [6, 6.07) is 0. The van der Waals surface area contributed by atoms with Gasteiger partial charge < -0.3 is 16.2 Å². The van der Waals surface area contributed by atoms with E-state index in [1.54, 1.807) is 0 Å². The van der Waals surface area contributed by atoms with E-state index in [0.717, 1.165) is 13.0 Å². The summed E-state index contributed by atoms with van der Waals surface area (Å²) in [5.74, 6) is 0. The van der Waals surface area contributed by atoms with Crippen LogP contribution in [0, 0.1) is 0 Å². The van der Waals surface area contributed by atoms with Crippen LogP contribution in [-0.2, 0) is 4.74 Å². The molecule has 0 aliphatic rings. The second-order valence-corrected chi connectivity index (χ2v) is 2.35. The van der Waals surface area contributed by atoms with E-state index in [1.165, 1.54) is 12.8 Å². The number of hydrogen-bond acceptors (Lipinski definition) is 3.